The van der Waals surface area contributed by atoms with Gasteiger partial charge in [-0.05, 0) is 24.1 Å². The molecular weight excluding hydrogens is 352 g/mol. The third kappa shape index (κ3) is 2.85. The fourth-order valence-electron chi connectivity index (χ4n) is 4.02. The van der Waals surface area contributed by atoms with Gasteiger partial charge in [-0.1, -0.05) is 30.3 Å². The van der Waals surface area contributed by atoms with E-state index in [2.05, 4.69) is 17.4 Å². The van der Waals surface area contributed by atoms with Crippen molar-refractivity contribution in [2.45, 2.75) is 25.5 Å². The summed E-state index contributed by atoms with van der Waals surface area (Å²) in [5.41, 5.74) is 5.64. The van der Waals surface area contributed by atoms with E-state index in [0.717, 1.165) is 33.7 Å². The number of amides is 1. The molecule has 4 rings (SSSR count). The van der Waals surface area contributed by atoms with Gasteiger partial charge >= 0.3 is 0 Å². The zero-order valence-electron chi connectivity index (χ0n) is 17.0. The van der Waals surface area contributed by atoms with Crippen LogP contribution in [0.3, 0.4) is 0 Å². The van der Waals surface area contributed by atoms with Crippen LogP contribution in [0.25, 0.3) is 11.0 Å². The number of carbonyl (C=O) groups excluding carboxylic acids is 1. The number of imidazole rings is 1. The summed E-state index contributed by atoms with van der Waals surface area (Å²) in [5.74, 6) is 0.908. The Balaban J connectivity index is 1.95. The van der Waals surface area contributed by atoms with Gasteiger partial charge in [0.25, 0.3) is 5.91 Å². The van der Waals surface area contributed by atoms with Gasteiger partial charge < -0.3 is 19.5 Å². The summed E-state index contributed by atoms with van der Waals surface area (Å²) in [6, 6.07) is 12.2. The lowest BCUT2D eigenvalue weighted by atomic mass is 9.87. The predicted octanol–water partition coefficient (Wildman–Crippen LogP) is 3.31. The first-order valence-corrected chi connectivity index (χ1v) is 9.47. The van der Waals surface area contributed by atoms with Crippen LogP contribution in [0.1, 0.15) is 33.4 Å². The highest BCUT2D eigenvalue weighted by Crippen LogP contribution is 2.40. The molecule has 0 saturated carbocycles. The molecule has 1 aliphatic rings. The van der Waals surface area contributed by atoms with E-state index in [4.69, 9.17) is 9.72 Å². The van der Waals surface area contributed by atoms with E-state index < -0.39 is 0 Å². The van der Waals surface area contributed by atoms with Crippen LogP contribution >= 0.6 is 0 Å². The first kappa shape index (κ1) is 18.5. The number of aryl methyl sites for hydroxylation is 2. The van der Waals surface area contributed by atoms with E-state index >= 15 is 0 Å². The average molecular weight is 378 g/mol. The Kier molecular flexibility index (Phi) is 4.59. The van der Waals surface area contributed by atoms with E-state index in [1.165, 1.54) is 0 Å². The normalized spacial score (nSPS) is 18.6. The summed E-state index contributed by atoms with van der Waals surface area (Å²) in [4.78, 5) is 19.4. The molecule has 0 saturated heterocycles. The maximum atomic E-state index is 13.0. The summed E-state index contributed by atoms with van der Waals surface area (Å²) in [6.07, 6.45) is 0.574. The number of hydrogen-bond acceptors (Lipinski definition) is 4. The van der Waals surface area contributed by atoms with Crippen LogP contribution in [-0.2, 0) is 18.2 Å². The third-order valence-electron chi connectivity index (χ3n) is 5.68. The quantitative estimate of drug-likeness (QED) is 0.760. The van der Waals surface area contributed by atoms with Crippen LogP contribution in [0, 0.1) is 6.92 Å². The van der Waals surface area contributed by atoms with Gasteiger partial charge in [-0.3, -0.25) is 4.79 Å². The monoisotopic (exact) mass is 378 g/mol. The van der Waals surface area contributed by atoms with Crippen LogP contribution in [-0.4, -0.2) is 47.7 Å². The molecular formula is C22H26N4O2. The van der Waals surface area contributed by atoms with Crippen molar-refractivity contribution in [3.8, 4) is 0 Å². The van der Waals surface area contributed by atoms with Crippen molar-refractivity contribution in [1.29, 1.82) is 0 Å². The summed E-state index contributed by atoms with van der Waals surface area (Å²) >= 11 is 0. The molecule has 1 aliphatic heterocycles. The molecule has 0 bridgehead atoms. The third-order valence-corrected chi connectivity index (χ3v) is 5.68. The van der Waals surface area contributed by atoms with Gasteiger partial charge in [0.15, 0.2) is 0 Å². The fraction of sp³-hybridized carbons (Fsp3) is 0.364. The Hall–Kier alpha value is -2.86. The number of methoxy groups -OCH3 is 1. The number of nitrogens with zero attached hydrogens (tertiary/aromatic N) is 3. The zero-order chi connectivity index (χ0) is 20.0. The molecule has 0 unspecified atom stereocenters. The Morgan fingerprint density at radius 2 is 2.00 bits per heavy atom. The highest BCUT2D eigenvalue weighted by atomic mass is 16.5. The lowest BCUT2D eigenvalue weighted by Crippen LogP contribution is -2.35. The van der Waals surface area contributed by atoms with Crippen LogP contribution in [0.15, 0.2) is 36.4 Å². The van der Waals surface area contributed by atoms with E-state index in [1.54, 1.807) is 26.1 Å². The second kappa shape index (κ2) is 6.95. The van der Waals surface area contributed by atoms with Crippen molar-refractivity contribution in [1.82, 2.24) is 14.5 Å². The van der Waals surface area contributed by atoms with Crippen molar-refractivity contribution in [3.05, 3.63) is 58.9 Å². The van der Waals surface area contributed by atoms with Crippen LogP contribution in [0.2, 0.25) is 0 Å². The Bertz CT molecular complexity index is 1040. The standard InChI is InChI=1S/C22H26N4O2/c1-13-23-21-17(26(13)4)11-16(22(27)25(2)3)15-12-18(28-5)19(24-20(15)21)14-9-7-6-8-10-14/h6-11,18-19,24H,12H2,1-5H3/t18-,19-/m1/s1. The second-order valence-corrected chi connectivity index (χ2v) is 7.57. The Morgan fingerprint density at radius 1 is 1.29 bits per heavy atom. The highest BCUT2D eigenvalue weighted by molar-refractivity contribution is 6.04. The van der Waals surface area contributed by atoms with Crippen LogP contribution in [0.5, 0.6) is 0 Å². The van der Waals surface area contributed by atoms with Gasteiger partial charge in [-0.15, -0.1) is 0 Å². The topological polar surface area (TPSA) is 59.4 Å². The van der Waals surface area contributed by atoms with Gasteiger partial charge in [0.1, 0.15) is 11.3 Å². The Morgan fingerprint density at radius 3 is 2.64 bits per heavy atom. The molecule has 0 spiro atoms. The fourth-order valence-corrected chi connectivity index (χ4v) is 4.02. The summed E-state index contributed by atoms with van der Waals surface area (Å²) in [7, 11) is 7.27. The largest absolute Gasteiger partial charge is 0.379 e. The van der Waals surface area contributed by atoms with Crippen LogP contribution in [0.4, 0.5) is 5.69 Å². The minimum Gasteiger partial charge on any atom is -0.379 e. The van der Waals surface area contributed by atoms with E-state index in [0.29, 0.717) is 12.0 Å². The molecule has 2 aromatic carbocycles. The van der Waals surface area contributed by atoms with Gasteiger partial charge in [0.05, 0.1) is 23.3 Å². The number of anilines is 1. The number of fused-ring (bicyclic) bond motifs is 3. The molecule has 1 amide bonds. The maximum absolute atomic E-state index is 13.0. The van der Waals surface area contributed by atoms with Gasteiger partial charge in [0.2, 0.25) is 0 Å². The zero-order valence-corrected chi connectivity index (χ0v) is 17.0. The van der Waals surface area contributed by atoms with E-state index in [-0.39, 0.29) is 18.1 Å². The predicted molar refractivity (Wildman–Crippen MR) is 111 cm³/mol. The van der Waals surface area contributed by atoms with Crippen LogP contribution < -0.4 is 5.32 Å². The summed E-state index contributed by atoms with van der Waals surface area (Å²) in [6.45, 7) is 1.98. The number of ether oxygens (including phenoxy) is 1. The number of nitrogens with one attached hydrogen (secondary N) is 1. The van der Waals surface area contributed by atoms with Gasteiger partial charge in [0, 0.05) is 40.2 Å². The van der Waals surface area contributed by atoms with Gasteiger partial charge in [-0.2, -0.15) is 0 Å². The van der Waals surface area contributed by atoms with Crippen molar-refractivity contribution in [2.75, 3.05) is 26.5 Å². The van der Waals surface area contributed by atoms with E-state index in [1.807, 2.05) is 42.8 Å². The SMILES string of the molecule is CO[C@@H]1Cc2c(C(=O)N(C)C)cc3c(nc(C)n3C)c2N[C@@H]1c1ccccc1. The average Bonchev–Trinajstić information content (AvgIpc) is 3.00. The molecule has 6 nitrogen and oxygen atoms in total. The lowest BCUT2D eigenvalue weighted by Gasteiger charge is -2.35. The molecule has 28 heavy (non-hydrogen) atoms. The first-order chi connectivity index (χ1) is 13.4. The molecule has 6 heteroatoms. The van der Waals surface area contributed by atoms with Crippen molar-refractivity contribution < 1.29 is 9.53 Å². The molecule has 146 valence electrons. The molecule has 0 radical (unpaired) electrons. The van der Waals surface area contributed by atoms with E-state index in [9.17, 15) is 4.79 Å². The molecule has 2 atom stereocenters. The summed E-state index contributed by atoms with van der Waals surface area (Å²) < 4.78 is 7.87. The number of carbonyl (C=O) groups is 1. The number of hydrogen-bond donors (Lipinski definition) is 1. The molecule has 0 aliphatic carbocycles. The second-order valence-electron chi connectivity index (χ2n) is 7.57. The minimum absolute atomic E-state index is 0.00563. The molecule has 1 N–H and O–H groups in total. The lowest BCUT2D eigenvalue weighted by molar-refractivity contribution is 0.0792. The van der Waals surface area contributed by atoms with Crippen molar-refractivity contribution in [2.24, 2.45) is 7.05 Å². The maximum Gasteiger partial charge on any atom is 0.253 e. The smallest absolute Gasteiger partial charge is 0.253 e. The molecule has 0 fully saturated rings. The summed E-state index contributed by atoms with van der Waals surface area (Å²) in [5, 5.41) is 3.66. The highest BCUT2D eigenvalue weighted by Gasteiger charge is 2.34. The van der Waals surface area contributed by atoms with Crippen molar-refractivity contribution in [3.63, 3.8) is 0 Å². The molecule has 2 heterocycles. The Labute approximate surface area is 165 Å². The van der Waals surface area contributed by atoms with Crippen molar-refractivity contribution >= 4 is 22.6 Å². The number of rotatable bonds is 3. The first-order valence-electron chi connectivity index (χ1n) is 9.47. The number of benzene rings is 2. The number of aromatic nitrogens is 2. The van der Waals surface area contributed by atoms with Gasteiger partial charge in [-0.25, -0.2) is 4.98 Å². The molecule has 3 aromatic rings. The molecule has 1 aromatic heterocycles. The minimum atomic E-state index is -0.0779.